The molecule has 3 aromatic heterocycles. The number of aromatic nitrogens is 2. The molecule has 0 aliphatic heterocycles. The van der Waals surface area contributed by atoms with E-state index in [0.717, 1.165) is 16.5 Å². The van der Waals surface area contributed by atoms with E-state index in [1.165, 1.54) is 12.1 Å². The van der Waals surface area contributed by atoms with Crippen molar-refractivity contribution in [2.75, 3.05) is 0 Å². The van der Waals surface area contributed by atoms with Gasteiger partial charge in [-0.1, -0.05) is 17.7 Å². The molecule has 0 unspecified atom stereocenters. The molecule has 0 saturated heterocycles. The zero-order valence-corrected chi connectivity index (χ0v) is 16.6. The zero-order chi connectivity index (χ0) is 20.5. The molecule has 0 spiro atoms. The summed E-state index contributed by atoms with van der Waals surface area (Å²) in [5.74, 6) is -0.558. The second-order valence-corrected chi connectivity index (χ2v) is 7.04. The van der Waals surface area contributed by atoms with Crippen LogP contribution in [0.3, 0.4) is 0 Å². The van der Waals surface area contributed by atoms with E-state index in [2.05, 4.69) is 4.98 Å². The summed E-state index contributed by atoms with van der Waals surface area (Å²) in [6.07, 6.45) is 4.64. The van der Waals surface area contributed by atoms with Gasteiger partial charge in [-0.05, 0) is 55.3 Å². The largest absolute Gasteiger partial charge is 0.458 e. The minimum Gasteiger partial charge on any atom is -0.458 e. The van der Waals surface area contributed by atoms with Crippen LogP contribution in [0, 0.1) is 13.8 Å². The van der Waals surface area contributed by atoms with Crippen molar-refractivity contribution in [3.63, 3.8) is 0 Å². The van der Waals surface area contributed by atoms with Crippen LogP contribution in [0.15, 0.2) is 57.9 Å². The first-order valence-electron chi connectivity index (χ1n) is 8.94. The number of carbonyl (C=O) groups is 1. The smallest absolute Gasteiger partial charge is 0.336 e. The molecule has 0 N–H and O–H groups in total. The third-order valence-corrected chi connectivity index (χ3v) is 4.99. The molecule has 4 rings (SSSR count). The summed E-state index contributed by atoms with van der Waals surface area (Å²) in [5.41, 5.74) is 3.91. The number of imidazole rings is 1. The average molecular weight is 409 g/mol. The van der Waals surface area contributed by atoms with Gasteiger partial charge < -0.3 is 9.15 Å². The normalized spacial score (nSPS) is 11.6. The fourth-order valence-corrected chi connectivity index (χ4v) is 3.32. The van der Waals surface area contributed by atoms with E-state index in [-0.39, 0.29) is 11.8 Å². The standard InChI is InChI=1S/C22H17ClN2O4/c1-13-9-16-15(11-21(27)29-18(16)10-14(13)2)12-28-20(26)7-6-17-22(23)24-19-5-3-4-8-25(17)19/h3-11H,12H2,1-2H3/b7-6+. The van der Waals surface area contributed by atoms with Gasteiger partial charge in [0.1, 0.15) is 17.8 Å². The topological polar surface area (TPSA) is 73.8 Å². The Morgan fingerprint density at radius 3 is 2.86 bits per heavy atom. The zero-order valence-electron chi connectivity index (χ0n) is 15.8. The van der Waals surface area contributed by atoms with E-state index in [0.29, 0.717) is 22.5 Å². The molecule has 0 aliphatic rings. The highest BCUT2D eigenvalue weighted by molar-refractivity contribution is 6.31. The number of benzene rings is 1. The lowest BCUT2D eigenvalue weighted by Crippen LogP contribution is -2.06. The summed E-state index contributed by atoms with van der Waals surface area (Å²) < 4.78 is 12.4. The number of aryl methyl sites for hydroxylation is 2. The molecule has 4 aromatic rings. The van der Waals surface area contributed by atoms with Crippen LogP contribution < -0.4 is 5.63 Å². The molecular weight excluding hydrogens is 392 g/mol. The van der Waals surface area contributed by atoms with Crippen molar-refractivity contribution in [2.24, 2.45) is 0 Å². The first-order chi connectivity index (χ1) is 13.9. The first-order valence-corrected chi connectivity index (χ1v) is 9.31. The number of esters is 1. The van der Waals surface area contributed by atoms with Crippen molar-refractivity contribution in [1.82, 2.24) is 9.38 Å². The summed E-state index contributed by atoms with van der Waals surface area (Å²) in [7, 11) is 0. The minimum atomic E-state index is -0.558. The van der Waals surface area contributed by atoms with Crippen LogP contribution in [-0.2, 0) is 16.1 Å². The van der Waals surface area contributed by atoms with Gasteiger partial charge in [-0.25, -0.2) is 14.6 Å². The molecule has 146 valence electrons. The molecule has 0 fully saturated rings. The monoisotopic (exact) mass is 408 g/mol. The molecule has 0 radical (unpaired) electrons. The predicted octanol–water partition coefficient (Wildman–Crippen LogP) is 4.47. The number of rotatable bonds is 4. The van der Waals surface area contributed by atoms with Gasteiger partial charge in [-0.3, -0.25) is 4.40 Å². The Morgan fingerprint density at radius 2 is 2.03 bits per heavy atom. The molecule has 0 saturated carbocycles. The second kappa shape index (κ2) is 7.56. The Kier molecular flexibility index (Phi) is 4.94. The van der Waals surface area contributed by atoms with E-state index in [1.807, 2.05) is 44.2 Å². The van der Waals surface area contributed by atoms with E-state index in [9.17, 15) is 9.59 Å². The lowest BCUT2D eigenvalue weighted by Gasteiger charge is -2.08. The SMILES string of the molecule is Cc1cc2oc(=O)cc(COC(=O)/C=C/c3c(Cl)nc4ccccn34)c2cc1C. The van der Waals surface area contributed by atoms with Gasteiger partial charge in [0, 0.05) is 29.3 Å². The highest BCUT2D eigenvalue weighted by Gasteiger charge is 2.11. The van der Waals surface area contributed by atoms with Crippen LogP contribution in [0.5, 0.6) is 0 Å². The number of carbonyl (C=O) groups excluding carboxylic acids is 1. The van der Waals surface area contributed by atoms with E-state index in [1.54, 1.807) is 16.7 Å². The van der Waals surface area contributed by atoms with Crippen LogP contribution in [0.25, 0.3) is 22.7 Å². The van der Waals surface area contributed by atoms with Crippen molar-refractivity contribution in [1.29, 1.82) is 0 Å². The van der Waals surface area contributed by atoms with Gasteiger partial charge in [-0.15, -0.1) is 0 Å². The highest BCUT2D eigenvalue weighted by Crippen LogP contribution is 2.22. The van der Waals surface area contributed by atoms with Crippen LogP contribution in [0.2, 0.25) is 5.15 Å². The summed E-state index contributed by atoms with van der Waals surface area (Å²) in [5, 5.41) is 1.03. The lowest BCUT2D eigenvalue weighted by molar-refractivity contribution is -0.138. The second-order valence-electron chi connectivity index (χ2n) is 6.68. The predicted molar refractivity (Wildman–Crippen MR) is 111 cm³/mol. The maximum atomic E-state index is 12.2. The molecule has 0 amide bonds. The molecule has 0 atom stereocenters. The Labute approximate surface area is 171 Å². The number of nitrogens with zero attached hydrogens (tertiary/aromatic N) is 2. The van der Waals surface area contributed by atoms with Crippen LogP contribution in [0.4, 0.5) is 0 Å². The number of hydrogen-bond donors (Lipinski definition) is 0. The van der Waals surface area contributed by atoms with Gasteiger partial charge in [0.15, 0.2) is 5.15 Å². The van der Waals surface area contributed by atoms with E-state index in [4.69, 9.17) is 20.8 Å². The molecule has 3 heterocycles. The Bertz CT molecular complexity index is 1330. The minimum absolute atomic E-state index is 0.0470. The number of fused-ring (bicyclic) bond motifs is 2. The van der Waals surface area contributed by atoms with Gasteiger partial charge in [-0.2, -0.15) is 0 Å². The van der Waals surface area contributed by atoms with Crippen molar-refractivity contribution in [2.45, 2.75) is 20.5 Å². The van der Waals surface area contributed by atoms with Crippen LogP contribution in [-0.4, -0.2) is 15.4 Å². The Balaban J connectivity index is 1.55. The maximum absolute atomic E-state index is 12.2. The molecule has 7 heteroatoms. The van der Waals surface area contributed by atoms with E-state index >= 15 is 0 Å². The van der Waals surface area contributed by atoms with Gasteiger partial charge >= 0.3 is 11.6 Å². The Morgan fingerprint density at radius 1 is 1.24 bits per heavy atom. The highest BCUT2D eigenvalue weighted by atomic mass is 35.5. The number of pyridine rings is 1. The number of ether oxygens (including phenoxy) is 1. The van der Waals surface area contributed by atoms with Crippen molar-refractivity contribution in [3.8, 4) is 0 Å². The molecular formula is C22H17ClN2O4. The quantitative estimate of drug-likeness (QED) is 0.283. The van der Waals surface area contributed by atoms with Gasteiger partial charge in [0.05, 0.1) is 5.69 Å². The molecule has 29 heavy (non-hydrogen) atoms. The van der Waals surface area contributed by atoms with Crippen molar-refractivity contribution >= 4 is 40.3 Å². The Hall–Kier alpha value is -3.38. The van der Waals surface area contributed by atoms with E-state index < -0.39 is 11.6 Å². The summed E-state index contributed by atoms with van der Waals surface area (Å²) in [6.45, 7) is 3.87. The summed E-state index contributed by atoms with van der Waals surface area (Å²) in [6, 6.07) is 10.6. The maximum Gasteiger partial charge on any atom is 0.336 e. The van der Waals surface area contributed by atoms with Gasteiger partial charge in [0.25, 0.3) is 0 Å². The summed E-state index contributed by atoms with van der Waals surface area (Å²) in [4.78, 5) is 28.3. The molecule has 6 nitrogen and oxygen atoms in total. The lowest BCUT2D eigenvalue weighted by atomic mass is 10.0. The van der Waals surface area contributed by atoms with Crippen LogP contribution in [0.1, 0.15) is 22.4 Å². The van der Waals surface area contributed by atoms with Crippen LogP contribution >= 0.6 is 11.6 Å². The average Bonchev–Trinajstić information content (AvgIpc) is 3.01. The van der Waals surface area contributed by atoms with Gasteiger partial charge in [0.2, 0.25) is 0 Å². The number of hydrogen-bond acceptors (Lipinski definition) is 5. The molecule has 0 bridgehead atoms. The fraction of sp³-hybridized carbons (Fsp3) is 0.136. The molecule has 0 aliphatic carbocycles. The number of halogens is 1. The van der Waals surface area contributed by atoms with Crippen molar-refractivity contribution < 1.29 is 13.9 Å². The van der Waals surface area contributed by atoms with Crippen molar-refractivity contribution in [3.05, 3.63) is 86.6 Å². The first kappa shape index (κ1) is 19.0. The molecule has 1 aromatic carbocycles. The summed E-state index contributed by atoms with van der Waals surface area (Å²) >= 11 is 6.15. The third-order valence-electron chi connectivity index (χ3n) is 4.71. The fourth-order valence-electron chi connectivity index (χ4n) is 3.08. The third kappa shape index (κ3) is 3.79.